The van der Waals surface area contributed by atoms with Crippen molar-refractivity contribution in [1.29, 1.82) is 0 Å². The van der Waals surface area contributed by atoms with Crippen LogP contribution in [0.15, 0.2) is 77.7 Å². The molecule has 3 aromatic rings. The summed E-state index contributed by atoms with van der Waals surface area (Å²) in [5.74, 6) is 0.602. The highest BCUT2D eigenvalue weighted by Gasteiger charge is 2.23. The molecule has 5 heteroatoms. The second-order valence-corrected chi connectivity index (χ2v) is 10.6. The van der Waals surface area contributed by atoms with Gasteiger partial charge in [0.1, 0.15) is 19.0 Å². The second kappa shape index (κ2) is 9.88. The Balaban J connectivity index is 1.74. The zero-order chi connectivity index (χ0) is 23.4. The Labute approximate surface area is 192 Å². The minimum absolute atomic E-state index is 0.142. The molecular formula is C27H31O4S. The third-order valence-electron chi connectivity index (χ3n) is 5.27. The first-order valence-corrected chi connectivity index (χ1v) is 12.1. The quantitative estimate of drug-likeness (QED) is 0.365. The van der Waals surface area contributed by atoms with Crippen LogP contribution in [0.25, 0.3) is 0 Å². The Hall–Kier alpha value is -2.63. The highest BCUT2D eigenvalue weighted by molar-refractivity contribution is 7.86. The van der Waals surface area contributed by atoms with Gasteiger partial charge in [0, 0.05) is 5.92 Å². The zero-order valence-corrected chi connectivity index (χ0v) is 20.1. The first-order chi connectivity index (χ1) is 15.1. The lowest BCUT2D eigenvalue weighted by atomic mass is 9.84. The van der Waals surface area contributed by atoms with E-state index in [1.54, 1.807) is 24.3 Å². The fourth-order valence-electron chi connectivity index (χ4n) is 3.27. The van der Waals surface area contributed by atoms with Crippen LogP contribution in [0.5, 0.6) is 5.75 Å². The van der Waals surface area contributed by atoms with Crippen LogP contribution in [0.2, 0.25) is 0 Å². The Kier molecular flexibility index (Phi) is 7.42. The maximum atomic E-state index is 12.5. The van der Waals surface area contributed by atoms with E-state index in [4.69, 9.17) is 8.92 Å². The molecule has 0 spiro atoms. The molecule has 0 fully saturated rings. The Morgan fingerprint density at radius 1 is 0.938 bits per heavy atom. The molecule has 32 heavy (non-hydrogen) atoms. The van der Waals surface area contributed by atoms with Crippen molar-refractivity contribution >= 4 is 10.1 Å². The molecule has 4 nitrogen and oxygen atoms in total. The van der Waals surface area contributed by atoms with Crippen LogP contribution in [0, 0.1) is 13.5 Å². The van der Waals surface area contributed by atoms with Gasteiger partial charge in [0.25, 0.3) is 10.1 Å². The summed E-state index contributed by atoms with van der Waals surface area (Å²) in [5.41, 5.74) is 3.98. The lowest BCUT2D eigenvalue weighted by Gasteiger charge is -2.25. The van der Waals surface area contributed by atoms with Crippen molar-refractivity contribution in [2.45, 2.75) is 57.5 Å². The van der Waals surface area contributed by atoms with Crippen LogP contribution >= 0.6 is 0 Å². The average Bonchev–Trinajstić information content (AvgIpc) is 2.76. The molecule has 0 N–H and O–H groups in total. The molecule has 169 valence electrons. The number of hydrogen-bond donors (Lipinski definition) is 0. The fraction of sp³-hybridized carbons (Fsp3) is 0.296. The molecule has 3 aromatic carbocycles. The fourth-order valence-corrected chi connectivity index (χ4v) is 4.17. The third-order valence-corrected chi connectivity index (χ3v) is 6.48. The van der Waals surface area contributed by atoms with E-state index in [1.807, 2.05) is 56.3 Å². The van der Waals surface area contributed by atoms with E-state index in [-0.39, 0.29) is 16.2 Å². The standard InChI is InChI=1S/C27H31O4S/c1-20-11-14-24(15-12-20)32(28,29)31-18-21(2)23-13-16-26(25(17-23)27(3,4)5)30-19-22-9-7-6-8-10-22/h6-18,21H,19H2,1-5H3. The summed E-state index contributed by atoms with van der Waals surface area (Å²) in [7, 11) is -3.85. The van der Waals surface area contributed by atoms with E-state index in [9.17, 15) is 8.42 Å². The van der Waals surface area contributed by atoms with E-state index in [1.165, 1.54) is 6.61 Å². The Bertz CT molecular complexity index is 1130. The normalized spacial score (nSPS) is 13.0. The van der Waals surface area contributed by atoms with Gasteiger partial charge in [-0.05, 0) is 47.2 Å². The molecule has 0 aliphatic heterocycles. The maximum Gasteiger partial charge on any atom is 0.297 e. The van der Waals surface area contributed by atoms with Crippen LogP contribution in [0.4, 0.5) is 0 Å². The van der Waals surface area contributed by atoms with Crippen molar-refractivity contribution in [3.05, 3.63) is 102 Å². The van der Waals surface area contributed by atoms with Crippen LogP contribution in [-0.2, 0) is 26.3 Å². The molecule has 1 radical (unpaired) electrons. The molecule has 3 rings (SSSR count). The van der Waals surface area contributed by atoms with Gasteiger partial charge in [0.15, 0.2) is 0 Å². The van der Waals surface area contributed by atoms with Crippen LogP contribution in [0.1, 0.15) is 55.9 Å². The molecule has 0 aliphatic rings. The lowest BCUT2D eigenvalue weighted by molar-refractivity contribution is 0.297. The predicted octanol–water partition coefficient (Wildman–Crippen LogP) is 6.54. The van der Waals surface area contributed by atoms with E-state index in [0.717, 1.165) is 28.0 Å². The second-order valence-electron chi connectivity index (χ2n) is 9.07. The van der Waals surface area contributed by atoms with Crippen molar-refractivity contribution in [2.24, 2.45) is 0 Å². The van der Waals surface area contributed by atoms with Crippen molar-refractivity contribution in [1.82, 2.24) is 0 Å². The summed E-state index contributed by atoms with van der Waals surface area (Å²) < 4.78 is 36.4. The van der Waals surface area contributed by atoms with Gasteiger partial charge in [-0.3, -0.25) is 4.18 Å². The highest BCUT2D eigenvalue weighted by Crippen LogP contribution is 2.35. The summed E-state index contributed by atoms with van der Waals surface area (Å²) in [6.07, 6.45) is 0. The van der Waals surface area contributed by atoms with E-state index < -0.39 is 10.1 Å². The average molecular weight is 452 g/mol. The molecule has 0 saturated carbocycles. The Morgan fingerprint density at radius 2 is 1.59 bits per heavy atom. The molecule has 1 atom stereocenters. The van der Waals surface area contributed by atoms with E-state index in [0.29, 0.717) is 6.61 Å². The minimum Gasteiger partial charge on any atom is -0.489 e. The molecule has 1 unspecified atom stereocenters. The molecule has 0 amide bonds. The molecule has 0 heterocycles. The van der Waals surface area contributed by atoms with Crippen LogP contribution in [0.3, 0.4) is 0 Å². The lowest BCUT2D eigenvalue weighted by Crippen LogP contribution is -2.15. The van der Waals surface area contributed by atoms with Gasteiger partial charge in [0.05, 0.1) is 4.90 Å². The third kappa shape index (κ3) is 6.21. The summed E-state index contributed by atoms with van der Waals surface area (Å²) in [6.45, 7) is 12.1. The topological polar surface area (TPSA) is 52.6 Å². The van der Waals surface area contributed by atoms with Gasteiger partial charge in [-0.1, -0.05) is 87.9 Å². The van der Waals surface area contributed by atoms with Gasteiger partial charge in [-0.2, -0.15) is 8.42 Å². The molecule has 0 bridgehead atoms. The largest absolute Gasteiger partial charge is 0.489 e. The molecule has 0 aliphatic carbocycles. The van der Waals surface area contributed by atoms with Gasteiger partial charge in [0.2, 0.25) is 0 Å². The molecule has 0 aromatic heterocycles. The zero-order valence-electron chi connectivity index (χ0n) is 19.3. The van der Waals surface area contributed by atoms with Crippen LogP contribution < -0.4 is 4.74 Å². The highest BCUT2D eigenvalue weighted by atomic mass is 32.2. The van der Waals surface area contributed by atoms with Gasteiger partial charge in [-0.25, -0.2) is 0 Å². The van der Waals surface area contributed by atoms with Gasteiger partial charge in [-0.15, -0.1) is 0 Å². The SMILES string of the molecule is Cc1ccc(S(=O)(=O)O[CH]C(C)c2ccc(OCc3ccccc3)c(C(C)(C)C)c2)cc1. The summed E-state index contributed by atoms with van der Waals surface area (Å²) >= 11 is 0. The number of ether oxygens (including phenoxy) is 1. The number of hydrogen-bond acceptors (Lipinski definition) is 4. The summed E-state index contributed by atoms with van der Waals surface area (Å²) in [6, 6.07) is 22.6. The summed E-state index contributed by atoms with van der Waals surface area (Å²) in [4.78, 5) is 0.145. The van der Waals surface area contributed by atoms with E-state index >= 15 is 0 Å². The molecule has 0 saturated heterocycles. The Morgan fingerprint density at radius 3 is 2.22 bits per heavy atom. The number of benzene rings is 3. The van der Waals surface area contributed by atoms with Crippen LogP contribution in [-0.4, -0.2) is 8.42 Å². The number of aryl methyl sites for hydroxylation is 1. The summed E-state index contributed by atoms with van der Waals surface area (Å²) in [5, 5.41) is 0. The maximum absolute atomic E-state index is 12.5. The first-order valence-electron chi connectivity index (χ1n) is 10.7. The van der Waals surface area contributed by atoms with E-state index in [2.05, 4.69) is 26.8 Å². The monoisotopic (exact) mass is 451 g/mol. The minimum atomic E-state index is -3.85. The number of rotatable bonds is 8. The van der Waals surface area contributed by atoms with Crippen molar-refractivity contribution in [3.8, 4) is 5.75 Å². The van der Waals surface area contributed by atoms with Crippen molar-refractivity contribution < 1.29 is 17.3 Å². The van der Waals surface area contributed by atoms with Crippen molar-refractivity contribution in [2.75, 3.05) is 0 Å². The van der Waals surface area contributed by atoms with Gasteiger partial charge < -0.3 is 4.74 Å². The first kappa shape index (κ1) is 24.0. The molecular weight excluding hydrogens is 420 g/mol. The van der Waals surface area contributed by atoms with Gasteiger partial charge >= 0.3 is 0 Å². The van der Waals surface area contributed by atoms with Crippen molar-refractivity contribution in [3.63, 3.8) is 0 Å². The smallest absolute Gasteiger partial charge is 0.297 e. The predicted molar refractivity (Wildman–Crippen MR) is 128 cm³/mol.